The lowest BCUT2D eigenvalue weighted by atomic mass is 10.1. The Morgan fingerprint density at radius 1 is 1.47 bits per heavy atom. The molecule has 3 N–H and O–H groups in total. The van der Waals surface area contributed by atoms with Gasteiger partial charge in [0.15, 0.2) is 0 Å². The third-order valence-electron chi connectivity index (χ3n) is 2.23. The molecule has 5 heteroatoms. The molecule has 0 bridgehead atoms. The van der Waals surface area contributed by atoms with Gasteiger partial charge in [0.2, 0.25) is 5.91 Å². The number of anilines is 1. The van der Waals surface area contributed by atoms with E-state index in [0.717, 1.165) is 0 Å². The van der Waals surface area contributed by atoms with Crippen molar-refractivity contribution in [1.29, 1.82) is 0 Å². The van der Waals surface area contributed by atoms with Crippen LogP contribution in [0.25, 0.3) is 0 Å². The Kier molecular flexibility index (Phi) is 4.93. The molecule has 1 aromatic rings. The number of hydrogen-bond acceptors (Lipinski definition) is 3. The highest BCUT2D eigenvalue weighted by molar-refractivity contribution is 6.30. The SMILES string of the molecule is CC(C)(CO)NCC(=O)Nc1cccc(Cl)c1. The molecule has 17 heavy (non-hydrogen) atoms. The molecule has 1 amide bonds. The molecule has 1 rings (SSSR count). The molecule has 0 saturated carbocycles. The van der Waals surface area contributed by atoms with Crippen molar-refractivity contribution >= 4 is 23.2 Å². The van der Waals surface area contributed by atoms with Gasteiger partial charge in [-0.15, -0.1) is 0 Å². The molecule has 0 aliphatic carbocycles. The standard InChI is InChI=1S/C12H17ClN2O2/c1-12(2,8-16)14-7-11(17)15-10-5-3-4-9(13)6-10/h3-6,14,16H,7-8H2,1-2H3,(H,15,17). The van der Waals surface area contributed by atoms with E-state index in [1.54, 1.807) is 24.3 Å². The maximum absolute atomic E-state index is 11.6. The summed E-state index contributed by atoms with van der Waals surface area (Å²) in [6.45, 7) is 3.75. The second-order valence-electron chi connectivity index (χ2n) is 4.45. The van der Waals surface area contributed by atoms with Crippen LogP contribution in [0.4, 0.5) is 5.69 Å². The number of carbonyl (C=O) groups is 1. The normalized spacial score (nSPS) is 11.3. The van der Waals surface area contributed by atoms with E-state index in [9.17, 15) is 4.79 Å². The molecule has 0 aromatic heterocycles. The first-order valence-electron chi connectivity index (χ1n) is 5.34. The lowest BCUT2D eigenvalue weighted by Gasteiger charge is -2.23. The van der Waals surface area contributed by atoms with Gasteiger partial charge in [0.1, 0.15) is 0 Å². The Bertz CT molecular complexity index is 394. The number of halogens is 1. The van der Waals surface area contributed by atoms with Gasteiger partial charge in [0, 0.05) is 16.2 Å². The van der Waals surface area contributed by atoms with Crippen LogP contribution in [-0.2, 0) is 4.79 Å². The van der Waals surface area contributed by atoms with Crippen LogP contribution in [0.2, 0.25) is 5.02 Å². The molecular weight excluding hydrogens is 240 g/mol. The van der Waals surface area contributed by atoms with Crippen LogP contribution in [0.5, 0.6) is 0 Å². The van der Waals surface area contributed by atoms with Crippen LogP contribution in [0, 0.1) is 0 Å². The summed E-state index contributed by atoms with van der Waals surface area (Å²) in [6.07, 6.45) is 0. The zero-order chi connectivity index (χ0) is 12.9. The van der Waals surface area contributed by atoms with Crippen LogP contribution < -0.4 is 10.6 Å². The molecule has 0 atom stereocenters. The van der Waals surface area contributed by atoms with Crippen LogP contribution in [0.15, 0.2) is 24.3 Å². The van der Waals surface area contributed by atoms with Crippen LogP contribution >= 0.6 is 11.6 Å². The van der Waals surface area contributed by atoms with E-state index >= 15 is 0 Å². The minimum atomic E-state index is -0.467. The Balaban J connectivity index is 2.45. The van der Waals surface area contributed by atoms with Gasteiger partial charge in [-0.3, -0.25) is 4.79 Å². The van der Waals surface area contributed by atoms with Gasteiger partial charge in [-0.1, -0.05) is 17.7 Å². The highest BCUT2D eigenvalue weighted by Crippen LogP contribution is 2.14. The van der Waals surface area contributed by atoms with E-state index in [4.69, 9.17) is 16.7 Å². The first-order chi connectivity index (χ1) is 7.93. The zero-order valence-corrected chi connectivity index (χ0v) is 10.7. The molecular formula is C12H17ClN2O2. The highest BCUT2D eigenvalue weighted by atomic mass is 35.5. The molecule has 4 nitrogen and oxygen atoms in total. The molecule has 0 radical (unpaired) electrons. The summed E-state index contributed by atoms with van der Waals surface area (Å²) in [6, 6.07) is 6.95. The average molecular weight is 257 g/mol. The van der Waals surface area contributed by atoms with Gasteiger partial charge in [-0.25, -0.2) is 0 Å². The maximum atomic E-state index is 11.6. The summed E-state index contributed by atoms with van der Waals surface area (Å²) in [4.78, 5) is 11.6. The van der Waals surface area contributed by atoms with E-state index in [1.807, 2.05) is 13.8 Å². The van der Waals surface area contributed by atoms with Crippen LogP contribution in [0.3, 0.4) is 0 Å². The molecule has 0 unspecified atom stereocenters. The molecule has 0 heterocycles. The molecule has 0 fully saturated rings. The lowest BCUT2D eigenvalue weighted by molar-refractivity contribution is -0.115. The summed E-state index contributed by atoms with van der Waals surface area (Å²) in [7, 11) is 0. The fourth-order valence-electron chi connectivity index (χ4n) is 1.15. The molecule has 1 aromatic carbocycles. The van der Waals surface area contributed by atoms with Crippen molar-refractivity contribution in [3.8, 4) is 0 Å². The number of rotatable bonds is 5. The molecule has 0 aliphatic rings. The minimum absolute atomic E-state index is 0.0303. The number of carbonyl (C=O) groups excluding carboxylic acids is 1. The Hall–Kier alpha value is -1.10. The predicted molar refractivity (Wildman–Crippen MR) is 69.2 cm³/mol. The second kappa shape index (κ2) is 6.00. The number of nitrogens with one attached hydrogen (secondary N) is 2. The summed E-state index contributed by atoms with van der Waals surface area (Å²) in [5, 5.41) is 15.3. The van der Waals surface area contributed by atoms with E-state index in [1.165, 1.54) is 0 Å². The van der Waals surface area contributed by atoms with Gasteiger partial charge in [0.25, 0.3) is 0 Å². The second-order valence-corrected chi connectivity index (χ2v) is 4.89. The number of aliphatic hydroxyl groups excluding tert-OH is 1. The van der Waals surface area contributed by atoms with Crippen molar-refractivity contribution in [2.45, 2.75) is 19.4 Å². The molecule has 94 valence electrons. The number of amides is 1. The molecule has 0 spiro atoms. The van der Waals surface area contributed by atoms with Crippen molar-refractivity contribution in [3.05, 3.63) is 29.3 Å². The summed E-state index contributed by atoms with van der Waals surface area (Å²) < 4.78 is 0. The van der Waals surface area contributed by atoms with Gasteiger partial charge >= 0.3 is 0 Å². The minimum Gasteiger partial charge on any atom is -0.394 e. The van der Waals surface area contributed by atoms with Gasteiger partial charge in [0.05, 0.1) is 13.2 Å². The average Bonchev–Trinajstić information content (AvgIpc) is 2.27. The van der Waals surface area contributed by atoms with Gasteiger partial charge < -0.3 is 15.7 Å². The fraction of sp³-hybridized carbons (Fsp3) is 0.417. The Labute approximate surface area is 106 Å². The first kappa shape index (κ1) is 14.0. The number of benzene rings is 1. The van der Waals surface area contributed by atoms with E-state index in [0.29, 0.717) is 10.7 Å². The smallest absolute Gasteiger partial charge is 0.238 e. The highest BCUT2D eigenvalue weighted by Gasteiger charge is 2.16. The predicted octanol–water partition coefficient (Wildman–Crippen LogP) is 1.64. The van der Waals surface area contributed by atoms with Gasteiger partial charge in [-0.05, 0) is 32.0 Å². The fourth-order valence-corrected chi connectivity index (χ4v) is 1.34. The first-order valence-corrected chi connectivity index (χ1v) is 5.72. The summed E-state index contributed by atoms with van der Waals surface area (Å²) >= 11 is 5.80. The zero-order valence-electron chi connectivity index (χ0n) is 9.96. The molecule has 0 aliphatic heterocycles. The van der Waals surface area contributed by atoms with Crippen molar-refractivity contribution in [3.63, 3.8) is 0 Å². The third-order valence-corrected chi connectivity index (χ3v) is 2.47. The maximum Gasteiger partial charge on any atom is 0.238 e. The van der Waals surface area contributed by atoms with Crippen molar-refractivity contribution in [2.75, 3.05) is 18.5 Å². The molecule has 0 saturated heterocycles. The third kappa shape index (κ3) is 5.17. The number of aliphatic hydroxyl groups is 1. The van der Waals surface area contributed by atoms with Crippen LogP contribution in [-0.4, -0.2) is 29.7 Å². The van der Waals surface area contributed by atoms with Gasteiger partial charge in [-0.2, -0.15) is 0 Å². The van der Waals surface area contributed by atoms with Crippen LogP contribution in [0.1, 0.15) is 13.8 Å². The number of hydrogen-bond donors (Lipinski definition) is 3. The monoisotopic (exact) mass is 256 g/mol. The lowest BCUT2D eigenvalue weighted by Crippen LogP contribution is -2.46. The Morgan fingerprint density at radius 3 is 2.76 bits per heavy atom. The van der Waals surface area contributed by atoms with E-state index < -0.39 is 5.54 Å². The largest absolute Gasteiger partial charge is 0.394 e. The summed E-state index contributed by atoms with van der Waals surface area (Å²) in [5.74, 6) is -0.172. The Morgan fingerprint density at radius 2 is 2.18 bits per heavy atom. The van der Waals surface area contributed by atoms with E-state index in [-0.39, 0.29) is 19.1 Å². The topological polar surface area (TPSA) is 61.4 Å². The summed E-state index contributed by atoms with van der Waals surface area (Å²) in [5.41, 5.74) is 0.192. The van der Waals surface area contributed by atoms with E-state index in [2.05, 4.69) is 10.6 Å². The quantitative estimate of drug-likeness (QED) is 0.751. The van der Waals surface area contributed by atoms with Crippen molar-refractivity contribution in [2.24, 2.45) is 0 Å². The van der Waals surface area contributed by atoms with Crippen molar-refractivity contribution in [1.82, 2.24) is 5.32 Å². The van der Waals surface area contributed by atoms with Crippen molar-refractivity contribution < 1.29 is 9.90 Å².